The predicted molar refractivity (Wildman–Crippen MR) is 111 cm³/mol. The third kappa shape index (κ3) is 6.85. The fourth-order valence-electron chi connectivity index (χ4n) is 3.11. The minimum atomic E-state index is -3.46. The van der Waals surface area contributed by atoms with Gasteiger partial charge in [0.05, 0.1) is 0 Å². The van der Waals surface area contributed by atoms with Crippen molar-refractivity contribution in [3.63, 3.8) is 0 Å². The van der Waals surface area contributed by atoms with Crippen LogP contribution in [0.1, 0.15) is 45.4 Å². The second kappa shape index (κ2) is 9.49. The molecule has 1 atom stereocenters. The highest BCUT2D eigenvalue weighted by Crippen LogP contribution is 2.23. The van der Waals surface area contributed by atoms with Crippen LogP contribution in [0.4, 0.5) is 0 Å². The first-order valence-electron chi connectivity index (χ1n) is 9.71. The van der Waals surface area contributed by atoms with Gasteiger partial charge in [0.25, 0.3) is 0 Å². The molecule has 0 aliphatic carbocycles. The summed E-state index contributed by atoms with van der Waals surface area (Å²) in [7, 11) is -3.46. The molecule has 0 saturated carbocycles. The third-order valence-corrected chi connectivity index (χ3v) is 7.91. The van der Waals surface area contributed by atoms with Gasteiger partial charge in [-0.3, -0.25) is 4.79 Å². The van der Waals surface area contributed by atoms with E-state index < -0.39 is 15.4 Å². The normalized spacial score (nSPS) is 19.2. The number of carbonyl (C=O) groups is 1. The van der Waals surface area contributed by atoms with Gasteiger partial charge in [-0.15, -0.1) is 11.3 Å². The lowest BCUT2D eigenvalue weighted by atomic mass is 9.96. The minimum absolute atomic E-state index is 0.00201. The van der Waals surface area contributed by atoms with Crippen LogP contribution in [0, 0.1) is 11.3 Å². The van der Waals surface area contributed by atoms with E-state index in [1.54, 1.807) is 6.07 Å². The molecule has 8 heteroatoms. The Morgan fingerprint density at radius 2 is 2.07 bits per heavy atom. The lowest BCUT2D eigenvalue weighted by Gasteiger charge is -2.31. The number of amides is 1. The van der Waals surface area contributed by atoms with Gasteiger partial charge in [0.2, 0.25) is 15.9 Å². The Morgan fingerprint density at radius 3 is 2.74 bits per heavy atom. The number of sulfonamides is 1. The highest BCUT2D eigenvalue weighted by Gasteiger charge is 2.23. The zero-order valence-corrected chi connectivity index (χ0v) is 18.5. The molecule has 2 N–H and O–H groups in total. The van der Waals surface area contributed by atoms with Gasteiger partial charge in [0.1, 0.15) is 4.21 Å². The molecule has 27 heavy (non-hydrogen) atoms. The van der Waals surface area contributed by atoms with Gasteiger partial charge in [-0.25, -0.2) is 13.1 Å². The Kier molecular flexibility index (Phi) is 7.85. The average molecular weight is 416 g/mol. The van der Waals surface area contributed by atoms with Gasteiger partial charge in [-0.1, -0.05) is 27.7 Å². The predicted octanol–water partition coefficient (Wildman–Crippen LogP) is 2.46. The Labute approximate surface area is 167 Å². The maximum atomic E-state index is 12.6. The molecule has 154 valence electrons. The average Bonchev–Trinajstić information content (AvgIpc) is 3.09. The zero-order chi connectivity index (χ0) is 20.1. The lowest BCUT2D eigenvalue weighted by Crippen LogP contribution is -2.40. The zero-order valence-electron chi connectivity index (χ0n) is 16.9. The van der Waals surface area contributed by atoms with E-state index in [0.717, 1.165) is 37.4 Å². The fraction of sp³-hybridized carbons (Fsp3) is 0.737. The first-order valence-corrected chi connectivity index (χ1v) is 12.0. The van der Waals surface area contributed by atoms with E-state index in [1.165, 1.54) is 11.3 Å². The van der Waals surface area contributed by atoms with Crippen molar-refractivity contribution in [1.29, 1.82) is 0 Å². The van der Waals surface area contributed by atoms with Crippen LogP contribution in [-0.4, -0.2) is 51.9 Å². The molecule has 2 heterocycles. The Balaban J connectivity index is 1.84. The monoisotopic (exact) mass is 415 g/mol. The standard InChI is InChI=1S/C19H33N3O3S2/c1-5-22-12-6-7-15(14-22)13-21-27(24,25)17-9-8-16(26-17)10-11-20-18(23)19(2,3)4/h8-9,15,21H,5-7,10-14H2,1-4H3,(H,20,23)/t15-/m1/s1. The molecule has 0 radical (unpaired) electrons. The molecule has 0 bridgehead atoms. The smallest absolute Gasteiger partial charge is 0.250 e. The third-order valence-electron chi connectivity index (χ3n) is 4.85. The Hall–Kier alpha value is -0.960. The Bertz CT molecular complexity index is 723. The van der Waals surface area contributed by atoms with E-state index >= 15 is 0 Å². The summed E-state index contributed by atoms with van der Waals surface area (Å²) in [5.41, 5.74) is -0.416. The van der Waals surface area contributed by atoms with E-state index in [-0.39, 0.29) is 5.91 Å². The maximum Gasteiger partial charge on any atom is 0.250 e. The van der Waals surface area contributed by atoms with Crippen LogP contribution in [-0.2, 0) is 21.2 Å². The lowest BCUT2D eigenvalue weighted by molar-refractivity contribution is -0.128. The second-order valence-electron chi connectivity index (χ2n) is 8.23. The van der Waals surface area contributed by atoms with Gasteiger partial charge in [-0.2, -0.15) is 0 Å². The summed E-state index contributed by atoms with van der Waals surface area (Å²) in [5.74, 6) is 0.377. The molecule has 1 aliphatic rings. The van der Waals surface area contributed by atoms with Gasteiger partial charge in [0.15, 0.2) is 0 Å². The molecule has 1 aromatic heterocycles. The van der Waals surface area contributed by atoms with Crippen molar-refractivity contribution in [2.45, 2.75) is 51.2 Å². The van der Waals surface area contributed by atoms with Gasteiger partial charge in [-0.05, 0) is 50.4 Å². The van der Waals surface area contributed by atoms with Crippen molar-refractivity contribution in [3.05, 3.63) is 17.0 Å². The summed E-state index contributed by atoms with van der Waals surface area (Å²) in [6.07, 6.45) is 2.84. The van der Waals surface area contributed by atoms with E-state index in [1.807, 2.05) is 26.8 Å². The second-order valence-corrected chi connectivity index (χ2v) is 11.4. The molecular formula is C19H33N3O3S2. The highest BCUT2D eigenvalue weighted by molar-refractivity contribution is 7.91. The number of carbonyl (C=O) groups excluding carboxylic acids is 1. The number of nitrogens with one attached hydrogen (secondary N) is 2. The van der Waals surface area contributed by atoms with Crippen LogP contribution in [0.5, 0.6) is 0 Å². The molecule has 0 aromatic carbocycles. The van der Waals surface area contributed by atoms with Crippen LogP contribution >= 0.6 is 11.3 Å². The molecule has 0 spiro atoms. The number of thiophene rings is 1. The van der Waals surface area contributed by atoms with Crippen molar-refractivity contribution in [2.75, 3.05) is 32.7 Å². The SMILES string of the molecule is CCN1CCC[C@H](CNS(=O)(=O)c2ccc(CCNC(=O)C(C)(C)C)s2)C1. The summed E-state index contributed by atoms with van der Waals surface area (Å²) in [4.78, 5) is 15.2. The topological polar surface area (TPSA) is 78.5 Å². The minimum Gasteiger partial charge on any atom is -0.355 e. The molecule has 2 rings (SSSR count). The molecule has 6 nitrogen and oxygen atoms in total. The van der Waals surface area contributed by atoms with Crippen LogP contribution in [0.2, 0.25) is 0 Å². The fourth-order valence-corrected chi connectivity index (χ4v) is 5.62. The van der Waals surface area contributed by atoms with Crippen LogP contribution < -0.4 is 10.0 Å². The number of piperidine rings is 1. The van der Waals surface area contributed by atoms with Gasteiger partial charge in [0, 0.05) is 29.9 Å². The van der Waals surface area contributed by atoms with Crippen molar-refractivity contribution >= 4 is 27.3 Å². The summed E-state index contributed by atoms with van der Waals surface area (Å²) >= 11 is 1.28. The van der Waals surface area contributed by atoms with Crippen molar-refractivity contribution < 1.29 is 13.2 Å². The van der Waals surface area contributed by atoms with Crippen molar-refractivity contribution in [2.24, 2.45) is 11.3 Å². The number of hydrogen-bond donors (Lipinski definition) is 2. The summed E-state index contributed by atoms with van der Waals surface area (Å²) < 4.78 is 28.3. The molecule has 1 fully saturated rings. The summed E-state index contributed by atoms with van der Waals surface area (Å²) in [6, 6.07) is 3.50. The molecule has 1 amide bonds. The molecule has 1 aliphatic heterocycles. The van der Waals surface area contributed by atoms with Crippen LogP contribution in [0.3, 0.4) is 0 Å². The van der Waals surface area contributed by atoms with Crippen LogP contribution in [0.25, 0.3) is 0 Å². The van der Waals surface area contributed by atoms with Gasteiger partial charge < -0.3 is 10.2 Å². The maximum absolute atomic E-state index is 12.6. The number of nitrogens with zero attached hydrogens (tertiary/aromatic N) is 1. The molecule has 1 aromatic rings. The number of hydrogen-bond acceptors (Lipinski definition) is 5. The first kappa shape index (κ1) is 22.3. The van der Waals surface area contributed by atoms with Crippen LogP contribution in [0.15, 0.2) is 16.3 Å². The quantitative estimate of drug-likeness (QED) is 0.684. The molecule has 0 unspecified atom stereocenters. The number of likely N-dealkylation sites (tertiary alicyclic amines) is 1. The number of rotatable bonds is 8. The Morgan fingerprint density at radius 1 is 1.33 bits per heavy atom. The summed E-state index contributed by atoms with van der Waals surface area (Å²) in [5, 5.41) is 2.89. The molecular weight excluding hydrogens is 382 g/mol. The highest BCUT2D eigenvalue weighted by atomic mass is 32.2. The van der Waals surface area contributed by atoms with Crippen molar-refractivity contribution in [1.82, 2.24) is 14.9 Å². The largest absolute Gasteiger partial charge is 0.355 e. The van der Waals surface area contributed by atoms with Crippen molar-refractivity contribution in [3.8, 4) is 0 Å². The van der Waals surface area contributed by atoms with E-state index in [0.29, 0.717) is 29.6 Å². The first-order chi connectivity index (χ1) is 12.6. The summed E-state index contributed by atoms with van der Waals surface area (Å²) in [6.45, 7) is 11.8. The van der Waals surface area contributed by atoms with E-state index in [9.17, 15) is 13.2 Å². The molecule has 1 saturated heterocycles. The van der Waals surface area contributed by atoms with E-state index in [2.05, 4.69) is 21.9 Å². The van der Waals surface area contributed by atoms with E-state index in [4.69, 9.17) is 0 Å². The van der Waals surface area contributed by atoms with Gasteiger partial charge >= 0.3 is 0 Å².